The van der Waals surface area contributed by atoms with Crippen LogP contribution in [0, 0.1) is 5.92 Å². The standard InChI is InChI=1S/C17H30N4O6/c1-11(2)16(21(7)12(3)22)17(27)20(6)9-14(24)18(4)8-13(23)19(5)10-15(25)26/h11,16H,8-10H2,1-7H3,(H,25,26)/t16-/m0/s1. The van der Waals surface area contributed by atoms with Gasteiger partial charge in [0.05, 0.1) is 13.1 Å². The van der Waals surface area contributed by atoms with Gasteiger partial charge in [0.15, 0.2) is 0 Å². The van der Waals surface area contributed by atoms with Gasteiger partial charge in [-0.25, -0.2) is 0 Å². The van der Waals surface area contributed by atoms with E-state index in [1.54, 1.807) is 13.8 Å². The normalized spacial score (nSPS) is 11.6. The average molecular weight is 386 g/mol. The number of hydrogen-bond donors (Lipinski definition) is 1. The summed E-state index contributed by atoms with van der Waals surface area (Å²) in [5, 5.41) is 8.69. The summed E-state index contributed by atoms with van der Waals surface area (Å²) in [4.78, 5) is 63.8. The highest BCUT2D eigenvalue weighted by Gasteiger charge is 2.31. The average Bonchev–Trinajstić information content (AvgIpc) is 2.53. The van der Waals surface area contributed by atoms with E-state index in [1.165, 1.54) is 44.9 Å². The van der Waals surface area contributed by atoms with Crippen molar-refractivity contribution in [3.05, 3.63) is 0 Å². The van der Waals surface area contributed by atoms with E-state index < -0.39 is 30.4 Å². The van der Waals surface area contributed by atoms with Gasteiger partial charge in [-0.2, -0.15) is 0 Å². The molecule has 4 amide bonds. The van der Waals surface area contributed by atoms with Gasteiger partial charge in [-0.05, 0) is 5.92 Å². The number of amides is 4. The van der Waals surface area contributed by atoms with Crippen molar-refractivity contribution in [3.8, 4) is 0 Å². The van der Waals surface area contributed by atoms with Crippen molar-refractivity contribution in [1.29, 1.82) is 0 Å². The zero-order valence-electron chi connectivity index (χ0n) is 17.1. The second-order valence-corrected chi connectivity index (χ2v) is 6.91. The lowest BCUT2D eigenvalue weighted by molar-refractivity contribution is -0.148. The zero-order chi connectivity index (χ0) is 21.5. The molecule has 0 aromatic carbocycles. The first-order chi connectivity index (χ1) is 12.3. The van der Waals surface area contributed by atoms with E-state index in [9.17, 15) is 24.0 Å². The molecule has 0 aliphatic heterocycles. The minimum atomic E-state index is -1.15. The number of aliphatic carboxylic acids is 1. The van der Waals surface area contributed by atoms with Crippen LogP contribution in [0.5, 0.6) is 0 Å². The van der Waals surface area contributed by atoms with Crippen LogP contribution in [0.2, 0.25) is 0 Å². The number of carboxylic acid groups (broad SMARTS) is 1. The number of hydrogen-bond acceptors (Lipinski definition) is 5. The van der Waals surface area contributed by atoms with Gasteiger partial charge in [0.25, 0.3) is 0 Å². The largest absolute Gasteiger partial charge is 0.480 e. The molecule has 1 N–H and O–H groups in total. The van der Waals surface area contributed by atoms with E-state index in [2.05, 4.69) is 0 Å². The van der Waals surface area contributed by atoms with E-state index in [0.717, 1.165) is 9.80 Å². The SMILES string of the molecule is CC(=O)N(C)[C@H](C(=O)N(C)CC(=O)N(C)CC(=O)N(C)CC(=O)O)C(C)C. The van der Waals surface area contributed by atoms with Crippen molar-refractivity contribution in [2.75, 3.05) is 47.8 Å². The summed E-state index contributed by atoms with van der Waals surface area (Å²) in [6.45, 7) is 3.95. The van der Waals surface area contributed by atoms with E-state index in [0.29, 0.717) is 0 Å². The smallest absolute Gasteiger partial charge is 0.323 e. The van der Waals surface area contributed by atoms with Crippen molar-refractivity contribution >= 4 is 29.6 Å². The molecule has 0 aromatic heterocycles. The van der Waals surface area contributed by atoms with Crippen molar-refractivity contribution in [2.24, 2.45) is 5.92 Å². The van der Waals surface area contributed by atoms with E-state index in [-0.39, 0.29) is 30.8 Å². The molecule has 27 heavy (non-hydrogen) atoms. The summed E-state index contributed by atoms with van der Waals surface area (Å²) in [6.07, 6.45) is 0. The third kappa shape index (κ3) is 7.63. The van der Waals surface area contributed by atoms with E-state index in [1.807, 2.05) is 0 Å². The summed E-state index contributed by atoms with van der Waals surface area (Å²) in [5.41, 5.74) is 0. The lowest BCUT2D eigenvalue weighted by atomic mass is 10.0. The molecule has 154 valence electrons. The van der Waals surface area contributed by atoms with Crippen LogP contribution >= 0.6 is 0 Å². The molecule has 0 heterocycles. The summed E-state index contributed by atoms with van der Waals surface area (Å²) >= 11 is 0. The van der Waals surface area contributed by atoms with Gasteiger partial charge in [0, 0.05) is 35.1 Å². The molecule has 0 unspecified atom stereocenters. The van der Waals surface area contributed by atoms with Gasteiger partial charge < -0.3 is 24.7 Å². The first-order valence-electron chi connectivity index (χ1n) is 8.47. The van der Waals surface area contributed by atoms with Crippen LogP contribution in [0.25, 0.3) is 0 Å². The summed E-state index contributed by atoms with van der Waals surface area (Å²) < 4.78 is 0. The highest BCUT2D eigenvalue weighted by atomic mass is 16.4. The van der Waals surface area contributed by atoms with Crippen molar-refractivity contribution in [3.63, 3.8) is 0 Å². The Hall–Kier alpha value is -2.65. The Morgan fingerprint density at radius 3 is 1.56 bits per heavy atom. The number of carboxylic acids is 1. The fourth-order valence-corrected chi connectivity index (χ4v) is 2.42. The monoisotopic (exact) mass is 386 g/mol. The lowest BCUT2D eigenvalue weighted by Gasteiger charge is -2.33. The number of nitrogens with zero attached hydrogens (tertiary/aromatic N) is 4. The molecule has 10 heteroatoms. The van der Waals surface area contributed by atoms with Gasteiger partial charge >= 0.3 is 5.97 Å². The highest BCUT2D eigenvalue weighted by molar-refractivity contribution is 5.91. The molecule has 10 nitrogen and oxygen atoms in total. The number of likely N-dealkylation sites (N-methyl/N-ethyl adjacent to an activating group) is 4. The summed E-state index contributed by atoms with van der Waals surface area (Å²) in [5.74, 6) is -2.94. The molecule has 0 fully saturated rings. The first kappa shape index (κ1) is 24.4. The Bertz CT molecular complexity index is 592. The first-order valence-corrected chi connectivity index (χ1v) is 8.47. The zero-order valence-corrected chi connectivity index (χ0v) is 17.1. The Kier molecular flexibility index (Phi) is 9.46. The minimum absolute atomic E-state index is 0.145. The van der Waals surface area contributed by atoms with Crippen LogP contribution in [0.4, 0.5) is 0 Å². The molecule has 0 aromatic rings. The molecule has 0 spiro atoms. The van der Waals surface area contributed by atoms with Crippen LogP contribution in [0.15, 0.2) is 0 Å². The molecule has 0 radical (unpaired) electrons. The molecule has 0 aliphatic rings. The van der Waals surface area contributed by atoms with Crippen LogP contribution in [0.1, 0.15) is 20.8 Å². The minimum Gasteiger partial charge on any atom is -0.480 e. The summed E-state index contributed by atoms with van der Waals surface area (Å²) in [6, 6.07) is -0.700. The van der Waals surface area contributed by atoms with Crippen LogP contribution in [-0.2, 0) is 24.0 Å². The topological polar surface area (TPSA) is 119 Å². The predicted molar refractivity (Wildman–Crippen MR) is 97.6 cm³/mol. The molecular formula is C17H30N4O6. The molecule has 0 saturated carbocycles. The molecule has 0 bridgehead atoms. The van der Waals surface area contributed by atoms with Crippen LogP contribution in [0.3, 0.4) is 0 Å². The Labute approximate surface area is 159 Å². The van der Waals surface area contributed by atoms with E-state index >= 15 is 0 Å². The quantitative estimate of drug-likeness (QED) is 0.540. The number of rotatable bonds is 9. The fraction of sp³-hybridized carbons (Fsp3) is 0.706. The molecular weight excluding hydrogens is 356 g/mol. The van der Waals surface area contributed by atoms with Gasteiger partial charge in [-0.3, -0.25) is 24.0 Å². The van der Waals surface area contributed by atoms with Crippen LogP contribution in [-0.4, -0.2) is 108 Å². The third-order valence-electron chi connectivity index (χ3n) is 4.14. The second kappa shape index (κ2) is 10.5. The molecule has 0 saturated heterocycles. The van der Waals surface area contributed by atoms with Gasteiger partial charge in [-0.1, -0.05) is 13.8 Å². The summed E-state index contributed by atoms with van der Waals surface area (Å²) in [7, 11) is 5.71. The second-order valence-electron chi connectivity index (χ2n) is 6.91. The maximum absolute atomic E-state index is 12.7. The number of carbonyl (C=O) groups excluding carboxylic acids is 4. The maximum atomic E-state index is 12.7. The third-order valence-corrected chi connectivity index (χ3v) is 4.14. The maximum Gasteiger partial charge on any atom is 0.323 e. The lowest BCUT2D eigenvalue weighted by Crippen LogP contribution is -2.52. The molecule has 1 atom stereocenters. The predicted octanol–water partition coefficient (Wildman–Crippen LogP) is -1.05. The van der Waals surface area contributed by atoms with E-state index in [4.69, 9.17) is 5.11 Å². The fourth-order valence-electron chi connectivity index (χ4n) is 2.42. The molecule has 0 rings (SSSR count). The van der Waals surface area contributed by atoms with Gasteiger partial charge in [0.1, 0.15) is 12.6 Å². The van der Waals surface area contributed by atoms with Gasteiger partial charge in [-0.15, -0.1) is 0 Å². The Morgan fingerprint density at radius 2 is 1.19 bits per heavy atom. The Morgan fingerprint density at radius 1 is 0.778 bits per heavy atom. The van der Waals surface area contributed by atoms with Crippen molar-refractivity contribution in [1.82, 2.24) is 19.6 Å². The van der Waals surface area contributed by atoms with Crippen molar-refractivity contribution in [2.45, 2.75) is 26.8 Å². The van der Waals surface area contributed by atoms with Crippen LogP contribution < -0.4 is 0 Å². The molecule has 0 aliphatic carbocycles. The van der Waals surface area contributed by atoms with Crippen molar-refractivity contribution < 1.29 is 29.1 Å². The Balaban J connectivity index is 4.91. The number of carbonyl (C=O) groups is 5. The highest BCUT2D eigenvalue weighted by Crippen LogP contribution is 2.12. The van der Waals surface area contributed by atoms with Gasteiger partial charge in [0.2, 0.25) is 23.6 Å².